The van der Waals surface area contributed by atoms with Crippen molar-refractivity contribution in [3.05, 3.63) is 70.2 Å². The first-order valence-corrected chi connectivity index (χ1v) is 6.03. The molecule has 0 saturated carbocycles. The van der Waals surface area contributed by atoms with Gasteiger partial charge in [0.05, 0.1) is 18.2 Å². The molecule has 0 aromatic heterocycles. The first kappa shape index (κ1) is 11.3. The molecule has 2 aromatic rings. The predicted octanol–water partition coefficient (Wildman–Crippen LogP) is 3.49. The lowest BCUT2D eigenvalue weighted by Crippen LogP contribution is -2.10. The number of benzene rings is 2. The van der Waals surface area contributed by atoms with Crippen molar-refractivity contribution in [3.63, 3.8) is 0 Å². The monoisotopic (exact) mass is 255 g/mol. The van der Waals surface area contributed by atoms with Gasteiger partial charge in [-0.25, -0.2) is 0 Å². The third-order valence-electron chi connectivity index (χ3n) is 3.22. The fourth-order valence-corrected chi connectivity index (χ4v) is 2.23. The second kappa shape index (κ2) is 4.13. The van der Waals surface area contributed by atoms with Crippen LogP contribution in [0.25, 0.3) is 0 Å². The predicted molar refractivity (Wildman–Crippen MR) is 69.3 cm³/mol. The van der Waals surface area contributed by atoms with Gasteiger partial charge < -0.3 is 4.74 Å². The zero-order chi connectivity index (χ0) is 12.6. The van der Waals surface area contributed by atoms with E-state index in [9.17, 15) is 0 Å². The van der Waals surface area contributed by atoms with Crippen molar-refractivity contribution < 1.29 is 4.74 Å². The van der Waals surface area contributed by atoms with Crippen molar-refractivity contribution in [1.29, 1.82) is 5.26 Å². The lowest BCUT2D eigenvalue weighted by Gasteiger charge is -2.12. The highest BCUT2D eigenvalue weighted by Gasteiger charge is 2.48. The van der Waals surface area contributed by atoms with Gasteiger partial charge in [-0.2, -0.15) is 5.26 Å². The molecule has 0 amide bonds. The Morgan fingerprint density at radius 1 is 1.00 bits per heavy atom. The Bertz CT molecular complexity index is 606. The molecule has 3 heteroatoms. The molecular formula is C15H10ClNO. The quantitative estimate of drug-likeness (QED) is 0.771. The minimum absolute atomic E-state index is 0.349. The van der Waals surface area contributed by atoms with Crippen LogP contribution in [0.15, 0.2) is 48.5 Å². The molecule has 1 saturated heterocycles. The fraction of sp³-hybridized carbons (Fsp3) is 0.133. The molecule has 0 radical (unpaired) electrons. The highest BCUT2D eigenvalue weighted by atomic mass is 35.5. The van der Waals surface area contributed by atoms with Gasteiger partial charge in [0, 0.05) is 5.02 Å². The molecule has 0 spiro atoms. The first-order chi connectivity index (χ1) is 8.74. The van der Waals surface area contributed by atoms with Gasteiger partial charge in [0.25, 0.3) is 0 Å². The Hall–Kier alpha value is -1.82. The van der Waals surface area contributed by atoms with E-state index in [0.29, 0.717) is 12.2 Å². The Morgan fingerprint density at radius 3 is 1.94 bits per heavy atom. The SMILES string of the molecule is N#Cc1ccc(C2(c3ccc(Cl)cc3)CO2)cc1. The highest BCUT2D eigenvalue weighted by Crippen LogP contribution is 2.45. The van der Waals surface area contributed by atoms with Crippen LogP contribution in [-0.4, -0.2) is 6.61 Å². The molecule has 2 nitrogen and oxygen atoms in total. The zero-order valence-electron chi connectivity index (χ0n) is 9.56. The third kappa shape index (κ3) is 1.78. The number of hydrogen-bond donors (Lipinski definition) is 0. The summed E-state index contributed by atoms with van der Waals surface area (Å²) in [7, 11) is 0. The molecule has 88 valence electrons. The Balaban J connectivity index is 1.99. The summed E-state index contributed by atoms with van der Waals surface area (Å²) in [6, 6.07) is 17.3. The number of rotatable bonds is 2. The van der Waals surface area contributed by atoms with Crippen LogP contribution in [0, 0.1) is 11.3 Å². The molecule has 1 aliphatic heterocycles. The molecule has 0 bridgehead atoms. The summed E-state index contributed by atoms with van der Waals surface area (Å²) in [5.41, 5.74) is 2.48. The molecule has 1 atom stereocenters. The zero-order valence-corrected chi connectivity index (χ0v) is 10.3. The smallest absolute Gasteiger partial charge is 0.142 e. The van der Waals surface area contributed by atoms with Gasteiger partial charge in [-0.1, -0.05) is 35.9 Å². The summed E-state index contributed by atoms with van der Waals surface area (Å²) in [5, 5.41) is 9.52. The van der Waals surface area contributed by atoms with Crippen molar-refractivity contribution >= 4 is 11.6 Å². The van der Waals surface area contributed by atoms with E-state index in [-0.39, 0.29) is 5.60 Å². The second-order valence-electron chi connectivity index (χ2n) is 4.31. The van der Waals surface area contributed by atoms with E-state index in [4.69, 9.17) is 21.6 Å². The van der Waals surface area contributed by atoms with E-state index in [2.05, 4.69) is 6.07 Å². The van der Waals surface area contributed by atoms with Gasteiger partial charge >= 0.3 is 0 Å². The Labute approximate surface area is 110 Å². The van der Waals surface area contributed by atoms with Crippen molar-refractivity contribution in [2.45, 2.75) is 5.60 Å². The standard InChI is InChI=1S/C15H10ClNO/c16-14-7-5-13(6-8-14)15(10-18-15)12-3-1-11(9-17)2-4-12/h1-8H,10H2. The van der Waals surface area contributed by atoms with Gasteiger partial charge in [0.15, 0.2) is 0 Å². The van der Waals surface area contributed by atoms with Gasteiger partial charge in [0.2, 0.25) is 0 Å². The van der Waals surface area contributed by atoms with Gasteiger partial charge in [0.1, 0.15) is 5.60 Å². The van der Waals surface area contributed by atoms with E-state index in [1.54, 1.807) is 0 Å². The van der Waals surface area contributed by atoms with E-state index >= 15 is 0 Å². The molecule has 1 aliphatic rings. The summed E-state index contributed by atoms with van der Waals surface area (Å²) in [5.74, 6) is 0. The Kier molecular flexibility index (Phi) is 2.59. The van der Waals surface area contributed by atoms with Crippen LogP contribution >= 0.6 is 11.6 Å². The molecule has 1 unspecified atom stereocenters. The van der Waals surface area contributed by atoms with Crippen molar-refractivity contribution in [2.24, 2.45) is 0 Å². The number of nitrogens with zero attached hydrogens (tertiary/aromatic N) is 1. The molecule has 0 aliphatic carbocycles. The number of halogens is 1. The van der Waals surface area contributed by atoms with Crippen LogP contribution in [-0.2, 0) is 10.3 Å². The van der Waals surface area contributed by atoms with Crippen LogP contribution < -0.4 is 0 Å². The minimum atomic E-state index is -0.349. The molecule has 1 fully saturated rings. The fourth-order valence-electron chi connectivity index (χ4n) is 2.11. The minimum Gasteiger partial charge on any atom is -0.359 e. The van der Waals surface area contributed by atoms with Crippen LogP contribution in [0.3, 0.4) is 0 Å². The maximum atomic E-state index is 8.80. The van der Waals surface area contributed by atoms with Gasteiger partial charge in [-0.15, -0.1) is 0 Å². The average molecular weight is 256 g/mol. The van der Waals surface area contributed by atoms with Gasteiger partial charge in [-0.05, 0) is 35.4 Å². The lowest BCUT2D eigenvalue weighted by molar-refractivity contribution is 0.349. The molecule has 3 rings (SSSR count). The number of hydrogen-bond acceptors (Lipinski definition) is 2. The topological polar surface area (TPSA) is 36.3 Å². The Morgan fingerprint density at radius 2 is 1.50 bits per heavy atom. The molecule has 1 heterocycles. The maximum Gasteiger partial charge on any atom is 0.142 e. The number of epoxide rings is 1. The van der Waals surface area contributed by atoms with Crippen LogP contribution in [0.1, 0.15) is 16.7 Å². The summed E-state index contributed by atoms with van der Waals surface area (Å²) in [6.07, 6.45) is 0. The molecule has 2 aromatic carbocycles. The van der Waals surface area contributed by atoms with E-state index in [1.807, 2.05) is 48.5 Å². The normalized spacial score (nSPS) is 21.3. The van der Waals surface area contributed by atoms with E-state index in [0.717, 1.165) is 16.1 Å². The summed E-state index contributed by atoms with van der Waals surface area (Å²) < 4.78 is 5.66. The maximum absolute atomic E-state index is 8.80. The van der Waals surface area contributed by atoms with Crippen molar-refractivity contribution in [3.8, 4) is 6.07 Å². The summed E-state index contributed by atoms with van der Waals surface area (Å²) >= 11 is 5.89. The third-order valence-corrected chi connectivity index (χ3v) is 3.48. The number of ether oxygens (including phenoxy) is 1. The molecule has 0 N–H and O–H groups in total. The van der Waals surface area contributed by atoms with Gasteiger partial charge in [-0.3, -0.25) is 0 Å². The van der Waals surface area contributed by atoms with E-state index < -0.39 is 0 Å². The lowest BCUT2D eigenvalue weighted by atomic mass is 9.91. The van der Waals surface area contributed by atoms with Crippen LogP contribution in [0.5, 0.6) is 0 Å². The summed E-state index contributed by atoms with van der Waals surface area (Å²) in [4.78, 5) is 0. The summed E-state index contributed by atoms with van der Waals surface area (Å²) in [6.45, 7) is 0.667. The first-order valence-electron chi connectivity index (χ1n) is 5.65. The molecule has 18 heavy (non-hydrogen) atoms. The van der Waals surface area contributed by atoms with E-state index in [1.165, 1.54) is 0 Å². The molecular weight excluding hydrogens is 246 g/mol. The van der Waals surface area contributed by atoms with Crippen LogP contribution in [0.2, 0.25) is 5.02 Å². The van der Waals surface area contributed by atoms with Crippen LogP contribution in [0.4, 0.5) is 0 Å². The number of nitriles is 1. The highest BCUT2D eigenvalue weighted by molar-refractivity contribution is 6.30. The van der Waals surface area contributed by atoms with Crippen molar-refractivity contribution in [2.75, 3.05) is 6.61 Å². The average Bonchev–Trinajstić information content (AvgIpc) is 3.21. The van der Waals surface area contributed by atoms with Crippen molar-refractivity contribution in [1.82, 2.24) is 0 Å². The second-order valence-corrected chi connectivity index (χ2v) is 4.75. The largest absolute Gasteiger partial charge is 0.359 e.